The molecule has 0 aromatic heterocycles. The molecule has 0 saturated heterocycles. The van der Waals surface area contributed by atoms with E-state index in [-0.39, 0.29) is 5.97 Å². The molecule has 24 heavy (non-hydrogen) atoms. The van der Waals surface area contributed by atoms with Gasteiger partial charge in [-0.3, -0.25) is 4.79 Å². The number of carbonyl (C=O) groups excluding carboxylic acids is 1. The van der Waals surface area contributed by atoms with Gasteiger partial charge < -0.3 is 4.74 Å². The Balaban J connectivity index is 3.32. The van der Waals surface area contributed by atoms with Gasteiger partial charge in [0.2, 0.25) is 0 Å². The smallest absolute Gasteiger partial charge is 0.305 e. The Morgan fingerprint density at radius 1 is 0.708 bits per heavy atom. The van der Waals surface area contributed by atoms with E-state index in [1.807, 2.05) is 0 Å². The van der Waals surface area contributed by atoms with Crippen LogP contribution >= 0.6 is 0 Å². The average molecular weight is 335 g/mol. The zero-order valence-electron chi connectivity index (χ0n) is 16.0. The lowest BCUT2D eigenvalue weighted by Gasteiger charge is -2.03. The molecule has 2 heteroatoms. The van der Waals surface area contributed by atoms with Gasteiger partial charge in [0.15, 0.2) is 0 Å². The van der Waals surface area contributed by atoms with Gasteiger partial charge in [0.1, 0.15) is 0 Å². The Hall–Kier alpha value is -1.31. The van der Waals surface area contributed by atoms with Crippen LogP contribution in [0.25, 0.3) is 0 Å². The first kappa shape index (κ1) is 22.7. The maximum Gasteiger partial charge on any atom is 0.305 e. The number of hydrogen-bond acceptors (Lipinski definition) is 2. The third kappa shape index (κ3) is 18.7. The van der Waals surface area contributed by atoms with E-state index in [1.54, 1.807) is 0 Å². The largest absolute Gasteiger partial charge is 0.466 e. The summed E-state index contributed by atoms with van der Waals surface area (Å²) < 4.78 is 5.14. The highest BCUT2D eigenvalue weighted by Gasteiger charge is 2.01. The van der Waals surface area contributed by atoms with Gasteiger partial charge in [0.25, 0.3) is 0 Å². The van der Waals surface area contributed by atoms with Gasteiger partial charge in [-0.2, -0.15) is 0 Å². The summed E-state index contributed by atoms with van der Waals surface area (Å²) in [6.45, 7) is 4.91. The van der Waals surface area contributed by atoms with E-state index in [9.17, 15) is 4.79 Å². The topological polar surface area (TPSA) is 26.3 Å². The SMILES string of the molecule is CCCC/C=C/C=C/C=C/CCCCCCCC(=O)OCCCC. The Bertz CT molecular complexity index is 353. The maximum absolute atomic E-state index is 11.4. The fourth-order valence-electron chi connectivity index (χ4n) is 2.26. The summed E-state index contributed by atoms with van der Waals surface area (Å²) in [5, 5.41) is 0. The molecule has 0 N–H and O–H groups in total. The molecule has 0 aromatic rings. The van der Waals surface area contributed by atoms with Gasteiger partial charge in [0.05, 0.1) is 6.61 Å². The molecular formula is C22H38O2. The second-order valence-corrected chi connectivity index (χ2v) is 6.26. The van der Waals surface area contributed by atoms with E-state index in [1.165, 1.54) is 38.5 Å². The molecule has 0 aliphatic rings. The molecule has 0 atom stereocenters. The van der Waals surface area contributed by atoms with Crippen molar-refractivity contribution in [2.45, 2.75) is 90.9 Å². The molecule has 0 aliphatic carbocycles. The van der Waals surface area contributed by atoms with E-state index >= 15 is 0 Å². The molecule has 0 rings (SSSR count). The Morgan fingerprint density at radius 3 is 1.96 bits per heavy atom. The van der Waals surface area contributed by atoms with Gasteiger partial charge >= 0.3 is 5.97 Å². The molecule has 0 aromatic carbocycles. The highest BCUT2D eigenvalue weighted by molar-refractivity contribution is 5.69. The minimum Gasteiger partial charge on any atom is -0.466 e. The zero-order valence-corrected chi connectivity index (χ0v) is 16.0. The maximum atomic E-state index is 11.4. The number of hydrogen-bond donors (Lipinski definition) is 0. The third-order valence-electron chi connectivity index (χ3n) is 3.84. The van der Waals surface area contributed by atoms with Crippen LogP contribution in [0.2, 0.25) is 0 Å². The van der Waals surface area contributed by atoms with Crippen LogP contribution in [0.5, 0.6) is 0 Å². The van der Waals surface area contributed by atoms with Crippen molar-refractivity contribution in [2.75, 3.05) is 6.61 Å². The molecule has 0 heterocycles. The Morgan fingerprint density at radius 2 is 1.29 bits per heavy atom. The third-order valence-corrected chi connectivity index (χ3v) is 3.84. The minimum atomic E-state index is -0.0260. The molecule has 0 bridgehead atoms. The van der Waals surface area contributed by atoms with Crippen LogP contribution in [0, 0.1) is 0 Å². The summed E-state index contributed by atoms with van der Waals surface area (Å²) >= 11 is 0. The van der Waals surface area contributed by atoms with Crippen LogP contribution in [0.15, 0.2) is 36.5 Å². The number of rotatable bonds is 16. The second kappa shape index (κ2) is 19.7. The Labute approximate surface area is 150 Å². The number of carbonyl (C=O) groups is 1. The molecule has 0 fully saturated rings. The predicted octanol–water partition coefficient (Wildman–Crippen LogP) is 6.92. The number of allylic oxidation sites excluding steroid dienone is 6. The molecule has 0 unspecified atom stereocenters. The van der Waals surface area contributed by atoms with E-state index < -0.39 is 0 Å². The summed E-state index contributed by atoms with van der Waals surface area (Å²) in [4.78, 5) is 11.4. The summed E-state index contributed by atoms with van der Waals surface area (Å²) in [5.74, 6) is -0.0260. The highest BCUT2D eigenvalue weighted by atomic mass is 16.5. The molecule has 0 radical (unpaired) electrons. The Kier molecular flexibility index (Phi) is 18.7. The van der Waals surface area contributed by atoms with E-state index in [0.29, 0.717) is 13.0 Å². The number of ether oxygens (including phenoxy) is 1. The van der Waals surface area contributed by atoms with Crippen molar-refractivity contribution in [1.82, 2.24) is 0 Å². The van der Waals surface area contributed by atoms with Gasteiger partial charge in [-0.25, -0.2) is 0 Å². The average Bonchev–Trinajstić information content (AvgIpc) is 2.58. The monoisotopic (exact) mass is 334 g/mol. The summed E-state index contributed by atoms with van der Waals surface area (Å²) in [6.07, 6.45) is 26.2. The van der Waals surface area contributed by atoms with Crippen molar-refractivity contribution < 1.29 is 9.53 Å². The normalized spacial score (nSPS) is 11.9. The van der Waals surface area contributed by atoms with Crippen molar-refractivity contribution in [2.24, 2.45) is 0 Å². The molecule has 138 valence electrons. The molecule has 0 amide bonds. The van der Waals surface area contributed by atoms with E-state index in [0.717, 1.165) is 32.1 Å². The van der Waals surface area contributed by atoms with Crippen molar-refractivity contribution in [3.63, 3.8) is 0 Å². The van der Waals surface area contributed by atoms with Crippen LogP contribution in [0.1, 0.15) is 90.9 Å². The van der Waals surface area contributed by atoms with Crippen molar-refractivity contribution in [3.05, 3.63) is 36.5 Å². The quantitative estimate of drug-likeness (QED) is 0.174. The standard InChI is InChI=1S/C22H38O2/c1-3-5-7-8-9-10-11-12-13-14-15-16-17-18-19-20-22(23)24-21-6-4-2/h8-13H,3-7,14-21H2,1-2H3/b9-8+,11-10+,13-12+. The fraction of sp³-hybridized carbons (Fsp3) is 0.682. The highest BCUT2D eigenvalue weighted by Crippen LogP contribution is 2.08. The summed E-state index contributed by atoms with van der Waals surface area (Å²) in [7, 11) is 0. The van der Waals surface area contributed by atoms with Gasteiger partial charge in [-0.15, -0.1) is 0 Å². The zero-order chi connectivity index (χ0) is 17.7. The van der Waals surface area contributed by atoms with Gasteiger partial charge in [-0.05, 0) is 32.1 Å². The summed E-state index contributed by atoms with van der Waals surface area (Å²) in [5.41, 5.74) is 0. The molecule has 0 aliphatic heterocycles. The molecule has 0 spiro atoms. The second-order valence-electron chi connectivity index (χ2n) is 6.26. The van der Waals surface area contributed by atoms with E-state index in [2.05, 4.69) is 50.3 Å². The van der Waals surface area contributed by atoms with E-state index in [4.69, 9.17) is 4.74 Å². The summed E-state index contributed by atoms with van der Waals surface area (Å²) in [6, 6.07) is 0. The lowest BCUT2D eigenvalue weighted by atomic mass is 10.1. The first-order chi connectivity index (χ1) is 11.8. The lowest BCUT2D eigenvalue weighted by molar-refractivity contribution is -0.143. The number of esters is 1. The molecule has 0 saturated carbocycles. The first-order valence-electron chi connectivity index (χ1n) is 9.95. The van der Waals surface area contributed by atoms with Crippen LogP contribution in [-0.4, -0.2) is 12.6 Å². The van der Waals surface area contributed by atoms with Crippen molar-refractivity contribution in [1.29, 1.82) is 0 Å². The minimum absolute atomic E-state index is 0.0260. The van der Waals surface area contributed by atoms with Crippen LogP contribution < -0.4 is 0 Å². The van der Waals surface area contributed by atoms with Gasteiger partial charge in [0, 0.05) is 6.42 Å². The molecular weight excluding hydrogens is 296 g/mol. The van der Waals surface area contributed by atoms with Crippen molar-refractivity contribution in [3.8, 4) is 0 Å². The van der Waals surface area contributed by atoms with Crippen LogP contribution in [0.3, 0.4) is 0 Å². The molecule has 2 nitrogen and oxygen atoms in total. The van der Waals surface area contributed by atoms with Crippen LogP contribution in [0.4, 0.5) is 0 Å². The number of unbranched alkanes of at least 4 members (excludes halogenated alkanes) is 8. The fourth-order valence-corrected chi connectivity index (χ4v) is 2.26. The lowest BCUT2D eigenvalue weighted by Crippen LogP contribution is -2.05. The van der Waals surface area contributed by atoms with Crippen LogP contribution in [-0.2, 0) is 9.53 Å². The van der Waals surface area contributed by atoms with Gasteiger partial charge in [-0.1, -0.05) is 88.8 Å². The first-order valence-corrected chi connectivity index (χ1v) is 9.95. The van der Waals surface area contributed by atoms with Crippen molar-refractivity contribution >= 4 is 5.97 Å². The predicted molar refractivity (Wildman–Crippen MR) is 105 cm³/mol.